The van der Waals surface area contributed by atoms with Gasteiger partial charge in [0.05, 0.1) is 6.61 Å². The first-order valence-corrected chi connectivity index (χ1v) is 7.58. The molecule has 0 aromatic heterocycles. The van der Waals surface area contributed by atoms with Crippen molar-refractivity contribution in [3.63, 3.8) is 0 Å². The molecule has 1 saturated heterocycles. The van der Waals surface area contributed by atoms with Crippen molar-refractivity contribution in [2.24, 2.45) is 23.7 Å². The average Bonchev–Trinajstić information content (AvgIpc) is 2.83. The molecular formula is C17H25NO. The third kappa shape index (κ3) is 2.27. The minimum absolute atomic E-state index is 0.251. The molecule has 19 heavy (non-hydrogen) atoms. The summed E-state index contributed by atoms with van der Waals surface area (Å²) in [5.74, 6) is 3.04. The minimum atomic E-state index is 0.251. The molecule has 0 bridgehead atoms. The van der Waals surface area contributed by atoms with E-state index < -0.39 is 0 Å². The first-order chi connectivity index (χ1) is 9.18. The first-order valence-electron chi connectivity index (χ1n) is 7.58. The molecule has 2 nitrogen and oxygen atoms in total. The van der Waals surface area contributed by atoms with Gasteiger partial charge in [-0.25, -0.2) is 0 Å². The van der Waals surface area contributed by atoms with E-state index in [1.807, 2.05) is 0 Å². The summed E-state index contributed by atoms with van der Waals surface area (Å²) in [4.78, 5) is 2.34. The predicted molar refractivity (Wildman–Crippen MR) is 79.1 cm³/mol. The van der Waals surface area contributed by atoms with Crippen molar-refractivity contribution in [1.29, 1.82) is 0 Å². The van der Waals surface area contributed by atoms with Gasteiger partial charge in [0.1, 0.15) is 6.23 Å². The SMILES string of the molecule is C[C@H]1CO[C@@H](N(C)c2ccccc2)[C@H]2[C@@H]1CC[C@@H]2C. The Morgan fingerprint density at radius 1 is 1.05 bits per heavy atom. The number of anilines is 1. The summed E-state index contributed by atoms with van der Waals surface area (Å²) >= 11 is 0. The average molecular weight is 259 g/mol. The van der Waals surface area contributed by atoms with Crippen LogP contribution in [0.4, 0.5) is 5.69 Å². The highest BCUT2D eigenvalue weighted by molar-refractivity contribution is 5.46. The van der Waals surface area contributed by atoms with Crippen LogP contribution in [0.3, 0.4) is 0 Å². The molecule has 0 amide bonds. The summed E-state index contributed by atoms with van der Waals surface area (Å²) in [5.41, 5.74) is 1.26. The summed E-state index contributed by atoms with van der Waals surface area (Å²) in [6.45, 7) is 5.67. The molecule has 5 atom stereocenters. The van der Waals surface area contributed by atoms with Gasteiger partial charge >= 0.3 is 0 Å². The Kier molecular flexibility index (Phi) is 3.53. The van der Waals surface area contributed by atoms with Gasteiger partial charge in [0.25, 0.3) is 0 Å². The highest BCUT2D eigenvalue weighted by Gasteiger charge is 2.46. The molecule has 2 aliphatic rings. The van der Waals surface area contributed by atoms with Crippen LogP contribution in [-0.4, -0.2) is 19.9 Å². The van der Waals surface area contributed by atoms with Crippen molar-refractivity contribution in [3.8, 4) is 0 Å². The van der Waals surface area contributed by atoms with Crippen LogP contribution in [0.1, 0.15) is 26.7 Å². The summed E-state index contributed by atoms with van der Waals surface area (Å²) in [6.07, 6.45) is 3.00. The minimum Gasteiger partial charge on any atom is -0.358 e. The monoisotopic (exact) mass is 259 g/mol. The van der Waals surface area contributed by atoms with E-state index in [-0.39, 0.29) is 6.23 Å². The molecule has 1 heterocycles. The summed E-state index contributed by atoms with van der Waals surface area (Å²) in [7, 11) is 2.18. The van der Waals surface area contributed by atoms with Crippen LogP contribution in [0.15, 0.2) is 30.3 Å². The van der Waals surface area contributed by atoms with E-state index in [1.54, 1.807) is 0 Å². The maximum absolute atomic E-state index is 6.22. The number of benzene rings is 1. The predicted octanol–water partition coefficient (Wildman–Crippen LogP) is 3.78. The van der Waals surface area contributed by atoms with Crippen LogP contribution >= 0.6 is 0 Å². The number of para-hydroxylation sites is 1. The number of ether oxygens (including phenoxy) is 1. The van der Waals surface area contributed by atoms with Crippen LogP contribution in [-0.2, 0) is 4.74 Å². The number of nitrogens with zero attached hydrogens (tertiary/aromatic N) is 1. The van der Waals surface area contributed by atoms with E-state index >= 15 is 0 Å². The molecule has 0 radical (unpaired) electrons. The molecule has 3 rings (SSSR count). The second-order valence-corrected chi connectivity index (χ2v) is 6.44. The molecular weight excluding hydrogens is 234 g/mol. The third-order valence-electron chi connectivity index (χ3n) is 5.24. The zero-order valence-electron chi connectivity index (χ0n) is 12.3. The lowest BCUT2D eigenvalue weighted by atomic mass is 9.79. The maximum atomic E-state index is 6.22. The van der Waals surface area contributed by atoms with Gasteiger partial charge in [-0.1, -0.05) is 32.0 Å². The van der Waals surface area contributed by atoms with E-state index in [4.69, 9.17) is 4.74 Å². The van der Waals surface area contributed by atoms with Gasteiger partial charge in [-0.05, 0) is 42.7 Å². The van der Waals surface area contributed by atoms with Crippen molar-refractivity contribution in [3.05, 3.63) is 30.3 Å². The summed E-state index contributed by atoms with van der Waals surface area (Å²) < 4.78 is 6.22. The largest absolute Gasteiger partial charge is 0.358 e. The smallest absolute Gasteiger partial charge is 0.133 e. The van der Waals surface area contributed by atoms with Gasteiger partial charge in [0.15, 0.2) is 0 Å². The molecule has 1 aliphatic carbocycles. The molecule has 1 aromatic rings. The number of hydrogen-bond donors (Lipinski definition) is 0. The fourth-order valence-corrected chi connectivity index (χ4v) is 4.08. The van der Waals surface area contributed by atoms with Gasteiger partial charge in [-0.3, -0.25) is 0 Å². The van der Waals surface area contributed by atoms with Gasteiger partial charge < -0.3 is 9.64 Å². The quantitative estimate of drug-likeness (QED) is 0.801. The molecule has 1 aromatic carbocycles. The highest BCUT2D eigenvalue weighted by Crippen LogP contribution is 2.47. The van der Waals surface area contributed by atoms with Crippen molar-refractivity contribution in [2.75, 3.05) is 18.6 Å². The molecule has 0 N–H and O–H groups in total. The van der Waals surface area contributed by atoms with E-state index in [0.717, 1.165) is 24.4 Å². The van der Waals surface area contributed by atoms with E-state index in [0.29, 0.717) is 5.92 Å². The molecule has 0 spiro atoms. The van der Waals surface area contributed by atoms with Crippen molar-refractivity contribution in [1.82, 2.24) is 0 Å². The molecule has 2 fully saturated rings. The maximum Gasteiger partial charge on any atom is 0.133 e. The molecule has 1 aliphatic heterocycles. The van der Waals surface area contributed by atoms with Crippen molar-refractivity contribution < 1.29 is 4.74 Å². The molecule has 2 heteroatoms. The van der Waals surface area contributed by atoms with E-state index in [1.165, 1.54) is 18.5 Å². The van der Waals surface area contributed by atoms with Gasteiger partial charge in [0.2, 0.25) is 0 Å². The van der Waals surface area contributed by atoms with Gasteiger partial charge in [0, 0.05) is 18.7 Å². The highest BCUT2D eigenvalue weighted by atomic mass is 16.5. The zero-order valence-corrected chi connectivity index (χ0v) is 12.3. The number of hydrogen-bond acceptors (Lipinski definition) is 2. The second-order valence-electron chi connectivity index (χ2n) is 6.44. The van der Waals surface area contributed by atoms with E-state index in [9.17, 15) is 0 Å². The Labute approximate surface area is 116 Å². The Morgan fingerprint density at radius 2 is 1.79 bits per heavy atom. The van der Waals surface area contributed by atoms with Crippen LogP contribution in [0, 0.1) is 23.7 Å². The Hall–Kier alpha value is -1.02. The first kappa shape index (κ1) is 13.0. The fourth-order valence-electron chi connectivity index (χ4n) is 4.08. The third-order valence-corrected chi connectivity index (χ3v) is 5.24. The van der Waals surface area contributed by atoms with Crippen LogP contribution in [0.25, 0.3) is 0 Å². The van der Waals surface area contributed by atoms with Crippen LogP contribution in [0.2, 0.25) is 0 Å². The van der Waals surface area contributed by atoms with Gasteiger partial charge in [-0.15, -0.1) is 0 Å². The lowest BCUT2D eigenvalue weighted by molar-refractivity contribution is -0.0848. The number of rotatable bonds is 2. The molecule has 104 valence electrons. The normalized spacial score (nSPS) is 37.9. The fraction of sp³-hybridized carbons (Fsp3) is 0.647. The molecule has 1 saturated carbocycles. The van der Waals surface area contributed by atoms with Crippen molar-refractivity contribution >= 4 is 5.69 Å². The van der Waals surface area contributed by atoms with Crippen LogP contribution in [0.5, 0.6) is 0 Å². The topological polar surface area (TPSA) is 12.5 Å². The Balaban J connectivity index is 1.84. The standard InChI is InChI=1S/C17H25NO/c1-12-9-10-15-13(2)11-19-17(16(12)15)18(3)14-7-5-4-6-8-14/h4-8,12-13,15-17H,9-11H2,1-3H3/t12-,13-,15+,16+,17+/m0/s1. The molecule has 0 unspecified atom stereocenters. The van der Waals surface area contributed by atoms with Crippen LogP contribution < -0.4 is 4.90 Å². The second kappa shape index (κ2) is 5.16. The lowest BCUT2D eigenvalue weighted by Gasteiger charge is -2.44. The van der Waals surface area contributed by atoms with Crippen molar-refractivity contribution in [2.45, 2.75) is 32.9 Å². The van der Waals surface area contributed by atoms with Gasteiger partial charge in [-0.2, -0.15) is 0 Å². The number of fused-ring (bicyclic) bond motifs is 1. The summed E-state index contributed by atoms with van der Waals surface area (Å²) in [5, 5.41) is 0. The lowest BCUT2D eigenvalue weighted by Crippen LogP contribution is -2.49. The van der Waals surface area contributed by atoms with E-state index in [2.05, 4.69) is 56.1 Å². The Morgan fingerprint density at radius 3 is 2.53 bits per heavy atom. The Bertz CT molecular complexity index is 419. The zero-order chi connectivity index (χ0) is 13.4. The summed E-state index contributed by atoms with van der Waals surface area (Å²) in [6, 6.07) is 10.6.